The second kappa shape index (κ2) is 6.09. The number of amides is 2. The number of aliphatic carboxylic acids is 1. The third kappa shape index (κ3) is 3.69. The monoisotopic (exact) mass is 307 g/mol. The molecule has 21 heavy (non-hydrogen) atoms. The molecule has 2 rings (SSSR count). The molecular weight excluding hydrogens is 290 g/mol. The van der Waals surface area contributed by atoms with Crippen molar-refractivity contribution >= 4 is 38.7 Å². The molecule has 6 nitrogen and oxygen atoms in total. The van der Waals surface area contributed by atoms with Gasteiger partial charge in [0.1, 0.15) is 0 Å². The molecule has 0 spiro atoms. The average molecular weight is 307 g/mol. The standard InChI is InChI=1S/C14H17N3O3S/c1-8-4-5-10-11(6-8)21-13(15-10)16-14(20)17(3)7-9(2)12(18)19/h4-6,9H,7H2,1-3H3,(H,18,19)(H,15,16,20). The van der Waals surface area contributed by atoms with E-state index in [1.54, 1.807) is 14.0 Å². The van der Waals surface area contributed by atoms with Crippen LogP contribution in [0.4, 0.5) is 9.93 Å². The number of aryl methyl sites for hydroxylation is 1. The molecule has 7 heteroatoms. The molecule has 1 aromatic carbocycles. The first kappa shape index (κ1) is 15.2. The van der Waals surface area contributed by atoms with Gasteiger partial charge in [-0.15, -0.1) is 0 Å². The van der Waals surface area contributed by atoms with Crippen LogP contribution in [-0.2, 0) is 4.79 Å². The van der Waals surface area contributed by atoms with Crippen molar-refractivity contribution in [3.05, 3.63) is 23.8 Å². The number of nitrogens with zero attached hydrogens (tertiary/aromatic N) is 2. The summed E-state index contributed by atoms with van der Waals surface area (Å²) in [5, 5.41) is 12.1. The Morgan fingerprint density at radius 2 is 2.19 bits per heavy atom. The third-order valence-electron chi connectivity index (χ3n) is 3.07. The fraction of sp³-hybridized carbons (Fsp3) is 0.357. The Labute approximate surface area is 126 Å². The number of carboxylic acid groups (broad SMARTS) is 1. The summed E-state index contributed by atoms with van der Waals surface area (Å²) < 4.78 is 1.01. The van der Waals surface area contributed by atoms with E-state index >= 15 is 0 Å². The molecule has 0 aliphatic rings. The zero-order chi connectivity index (χ0) is 15.6. The number of carbonyl (C=O) groups is 2. The van der Waals surface area contributed by atoms with Crippen LogP contribution in [0.1, 0.15) is 12.5 Å². The first-order valence-electron chi connectivity index (χ1n) is 6.49. The molecule has 0 bridgehead atoms. The molecule has 1 heterocycles. The molecule has 0 aliphatic heterocycles. The van der Waals surface area contributed by atoms with Gasteiger partial charge in [0.2, 0.25) is 0 Å². The Balaban J connectivity index is 2.05. The molecule has 0 fully saturated rings. The summed E-state index contributed by atoms with van der Waals surface area (Å²) in [6.07, 6.45) is 0. The van der Waals surface area contributed by atoms with E-state index in [0.29, 0.717) is 5.13 Å². The second-order valence-corrected chi connectivity index (χ2v) is 6.07. The zero-order valence-corrected chi connectivity index (χ0v) is 12.9. The lowest BCUT2D eigenvalue weighted by Gasteiger charge is -2.19. The normalized spacial score (nSPS) is 12.1. The zero-order valence-electron chi connectivity index (χ0n) is 12.1. The Morgan fingerprint density at radius 3 is 2.86 bits per heavy atom. The summed E-state index contributed by atoms with van der Waals surface area (Å²) >= 11 is 1.40. The predicted molar refractivity (Wildman–Crippen MR) is 82.8 cm³/mol. The maximum Gasteiger partial charge on any atom is 0.323 e. The van der Waals surface area contributed by atoms with Crippen molar-refractivity contribution in [3.8, 4) is 0 Å². The lowest BCUT2D eigenvalue weighted by Crippen LogP contribution is -2.36. The fourth-order valence-electron chi connectivity index (χ4n) is 1.84. The quantitative estimate of drug-likeness (QED) is 0.910. The first-order valence-corrected chi connectivity index (χ1v) is 7.30. The lowest BCUT2D eigenvalue weighted by atomic mass is 10.2. The van der Waals surface area contributed by atoms with Crippen LogP contribution in [0.3, 0.4) is 0 Å². The number of rotatable bonds is 4. The van der Waals surface area contributed by atoms with E-state index in [1.807, 2.05) is 25.1 Å². The Kier molecular flexibility index (Phi) is 4.42. The topological polar surface area (TPSA) is 82.5 Å². The Morgan fingerprint density at radius 1 is 1.48 bits per heavy atom. The van der Waals surface area contributed by atoms with Crippen molar-refractivity contribution in [3.63, 3.8) is 0 Å². The smallest absolute Gasteiger partial charge is 0.323 e. The fourth-order valence-corrected chi connectivity index (χ4v) is 2.80. The Hall–Kier alpha value is -2.15. The minimum absolute atomic E-state index is 0.144. The molecule has 0 saturated heterocycles. The predicted octanol–water partition coefficient (Wildman–Crippen LogP) is 2.79. The van der Waals surface area contributed by atoms with Crippen LogP contribution < -0.4 is 5.32 Å². The van der Waals surface area contributed by atoms with Crippen molar-refractivity contribution in [1.82, 2.24) is 9.88 Å². The number of nitrogens with one attached hydrogen (secondary N) is 1. The minimum atomic E-state index is -0.926. The van der Waals surface area contributed by atoms with Crippen molar-refractivity contribution in [1.29, 1.82) is 0 Å². The van der Waals surface area contributed by atoms with Crippen LogP contribution in [-0.4, -0.2) is 40.6 Å². The largest absolute Gasteiger partial charge is 0.481 e. The van der Waals surface area contributed by atoms with Crippen LogP contribution >= 0.6 is 11.3 Å². The Bertz CT molecular complexity index is 683. The maximum absolute atomic E-state index is 12.0. The molecule has 0 saturated carbocycles. The summed E-state index contributed by atoms with van der Waals surface area (Å²) in [5.41, 5.74) is 1.97. The van der Waals surface area contributed by atoms with E-state index in [4.69, 9.17) is 5.11 Å². The number of carboxylic acids is 1. The maximum atomic E-state index is 12.0. The lowest BCUT2D eigenvalue weighted by molar-refractivity contribution is -0.141. The minimum Gasteiger partial charge on any atom is -0.481 e. The number of aromatic nitrogens is 1. The molecule has 1 aromatic heterocycles. The van der Waals surface area contributed by atoms with Gasteiger partial charge in [0.25, 0.3) is 0 Å². The van der Waals surface area contributed by atoms with Gasteiger partial charge >= 0.3 is 12.0 Å². The van der Waals surface area contributed by atoms with Crippen LogP contribution in [0.25, 0.3) is 10.2 Å². The van der Waals surface area contributed by atoms with Crippen LogP contribution in [0.15, 0.2) is 18.2 Å². The summed E-state index contributed by atoms with van der Waals surface area (Å²) in [6.45, 7) is 3.70. The van der Waals surface area contributed by atoms with E-state index in [2.05, 4.69) is 10.3 Å². The number of fused-ring (bicyclic) bond motifs is 1. The molecule has 2 aromatic rings. The van der Waals surface area contributed by atoms with Crippen LogP contribution in [0.2, 0.25) is 0 Å². The number of thiazole rings is 1. The highest BCUT2D eigenvalue weighted by atomic mass is 32.1. The number of benzene rings is 1. The number of hydrogen-bond donors (Lipinski definition) is 2. The summed E-state index contributed by atoms with van der Waals surface area (Å²) in [4.78, 5) is 28.5. The van der Waals surface area contributed by atoms with Crippen molar-refractivity contribution in [2.45, 2.75) is 13.8 Å². The third-order valence-corrected chi connectivity index (χ3v) is 4.01. The van der Waals surface area contributed by atoms with Gasteiger partial charge in [0.05, 0.1) is 16.1 Å². The van der Waals surface area contributed by atoms with E-state index < -0.39 is 11.9 Å². The molecule has 1 unspecified atom stereocenters. The van der Waals surface area contributed by atoms with E-state index in [0.717, 1.165) is 15.8 Å². The van der Waals surface area contributed by atoms with Gasteiger partial charge in [-0.25, -0.2) is 9.78 Å². The van der Waals surface area contributed by atoms with Gasteiger partial charge in [-0.05, 0) is 24.6 Å². The number of carbonyl (C=O) groups excluding carboxylic acids is 1. The highest BCUT2D eigenvalue weighted by molar-refractivity contribution is 7.22. The molecular formula is C14H17N3O3S. The summed E-state index contributed by atoms with van der Waals surface area (Å²) in [7, 11) is 1.56. The van der Waals surface area contributed by atoms with Crippen LogP contribution in [0.5, 0.6) is 0 Å². The number of anilines is 1. The second-order valence-electron chi connectivity index (χ2n) is 5.04. The van der Waals surface area contributed by atoms with Gasteiger partial charge in [0.15, 0.2) is 5.13 Å². The SMILES string of the molecule is Cc1ccc2nc(NC(=O)N(C)CC(C)C(=O)O)sc2c1. The van der Waals surface area contributed by atoms with Gasteiger partial charge < -0.3 is 10.0 Å². The highest BCUT2D eigenvalue weighted by Gasteiger charge is 2.18. The van der Waals surface area contributed by atoms with Crippen molar-refractivity contribution in [2.75, 3.05) is 18.9 Å². The highest BCUT2D eigenvalue weighted by Crippen LogP contribution is 2.26. The van der Waals surface area contributed by atoms with Crippen molar-refractivity contribution in [2.24, 2.45) is 5.92 Å². The van der Waals surface area contributed by atoms with E-state index in [-0.39, 0.29) is 12.6 Å². The molecule has 2 amide bonds. The molecule has 1 atom stereocenters. The molecule has 0 aliphatic carbocycles. The van der Waals surface area contributed by atoms with Gasteiger partial charge in [-0.2, -0.15) is 0 Å². The molecule has 2 N–H and O–H groups in total. The molecule has 0 radical (unpaired) electrons. The van der Waals surface area contributed by atoms with Gasteiger partial charge in [-0.3, -0.25) is 10.1 Å². The average Bonchev–Trinajstić information content (AvgIpc) is 2.79. The van der Waals surface area contributed by atoms with E-state index in [1.165, 1.54) is 16.2 Å². The summed E-state index contributed by atoms with van der Waals surface area (Å²) in [5.74, 6) is -1.54. The van der Waals surface area contributed by atoms with Crippen molar-refractivity contribution < 1.29 is 14.7 Å². The number of urea groups is 1. The number of hydrogen-bond acceptors (Lipinski definition) is 4. The van der Waals surface area contributed by atoms with E-state index in [9.17, 15) is 9.59 Å². The van der Waals surface area contributed by atoms with Gasteiger partial charge in [0, 0.05) is 13.6 Å². The first-order chi connectivity index (χ1) is 9.86. The molecule has 112 valence electrons. The van der Waals surface area contributed by atoms with Crippen LogP contribution in [0, 0.1) is 12.8 Å². The summed E-state index contributed by atoms with van der Waals surface area (Å²) in [6, 6.07) is 5.53. The van der Waals surface area contributed by atoms with Gasteiger partial charge in [-0.1, -0.05) is 24.3 Å².